The molecule has 1 N–H and O–H groups in total. The van der Waals surface area contributed by atoms with Gasteiger partial charge in [0, 0.05) is 18.2 Å². The highest BCUT2D eigenvalue weighted by Crippen LogP contribution is 2.25. The molecule has 136 valence electrons. The van der Waals surface area contributed by atoms with Crippen molar-refractivity contribution in [2.24, 2.45) is 0 Å². The van der Waals surface area contributed by atoms with E-state index in [1.807, 2.05) is 0 Å². The Labute approximate surface area is 146 Å². The summed E-state index contributed by atoms with van der Waals surface area (Å²) in [5.74, 6) is 0.0784. The minimum absolute atomic E-state index is 0.109. The van der Waals surface area contributed by atoms with Crippen LogP contribution in [-0.4, -0.2) is 43.3 Å². The summed E-state index contributed by atoms with van der Waals surface area (Å²) in [6.45, 7) is 0.116. The van der Waals surface area contributed by atoms with Crippen molar-refractivity contribution in [1.29, 1.82) is 0 Å². The summed E-state index contributed by atoms with van der Waals surface area (Å²) in [5, 5.41) is 20.9. The summed E-state index contributed by atoms with van der Waals surface area (Å²) in [5.41, 5.74) is 2.06. The van der Waals surface area contributed by atoms with Crippen LogP contribution in [0.5, 0.6) is 5.75 Å². The lowest BCUT2D eigenvalue weighted by Crippen LogP contribution is -2.17. The van der Waals surface area contributed by atoms with E-state index in [0.717, 1.165) is 5.56 Å². The summed E-state index contributed by atoms with van der Waals surface area (Å²) in [4.78, 5) is 5.58. The summed E-state index contributed by atoms with van der Waals surface area (Å²) in [6, 6.07) is 9.09. The van der Waals surface area contributed by atoms with Crippen molar-refractivity contribution >= 4 is 0 Å². The Hall–Kier alpha value is -3.01. The number of aliphatic hydroxyl groups is 1. The zero-order valence-electron chi connectivity index (χ0n) is 13.4. The fourth-order valence-electron chi connectivity index (χ4n) is 2.32. The van der Waals surface area contributed by atoms with Gasteiger partial charge in [-0.3, -0.25) is 4.98 Å². The van der Waals surface area contributed by atoms with Crippen LogP contribution >= 0.6 is 0 Å². The summed E-state index contributed by atoms with van der Waals surface area (Å²) < 4.78 is 40.5. The van der Waals surface area contributed by atoms with Crippen LogP contribution in [0.2, 0.25) is 0 Å². The number of rotatable bonds is 6. The number of tetrazole rings is 1. The lowest BCUT2D eigenvalue weighted by Gasteiger charge is -2.10. The number of pyridine rings is 1. The van der Waals surface area contributed by atoms with E-state index < -0.39 is 6.36 Å². The molecular formula is C16H14F3N5O2. The van der Waals surface area contributed by atoms with Gasteiger partial charge in [0.25, 0.3) is 0 Å². The van der Waals surface area contributed by atoms with Crippen LogP contribution in [0.3, 0.4) is 0 Å². The maximum absolute atomic E-state index is 12.2. The van der Waals surface area contributed by atoms with E-state index in [2.05, 4.69) is 25.1 Å². The van der Waals surface area contributed by atoms with Crippen LogP contribution < -0.4 is 4.74 Å². The number of alkyl halides is 3. The Morgan fingerprint density at radius 3 is 2.58 bits per heavy atom. The smallest absolute Gasteiger partial charge is 0.406 e. The van der Waals surface area contributed by atoms with Gasteiger partial charge >= 0.3 is 6.36 Å². The molecule has 1 aromatic carbocycles. The largest absolute Gasteiger partial charge is 0.573 e. The lowest BCUT2D eigenvalue weighted by molar-refractivity contribution is -0.274. The van der Waals surface area contributed by atoms with Crippen molar-refractivity contribution in [1.82, 2.24) is 25.2 Å². The second-order valence-electron chi connectivity index (χ2n) is 5.30. The molecule has 0 saturated heterocycles. The van der Waals surface area contributed by atoms with E-state index in [-0.39, 0.29) is 18.9 Å². The van der Waals surface area contributed by atoms with E-state index in [1.54, 1.807) is 18.3 Å². The number of hydrogen-bond donors (Lipinski definition) is 1. The third-order valence-corrected chi connectivity index (χ3v) is 3.41. The molecule has 26 heavy (non-hydrogen) atoms. The van der Waals surface area contributed by atoms with Gasteiger partial charge in [-0.05, 0) is 35.0 Å². The van der Waals surface area contributed by atoms with E-state index in [0.29, 0.717) is 23.5 Å². The summed E-state index contributed by atoms with van der Waals surface area (Å²) in [6.07, 6.45) is -2.74. The molecule has 0 amide bonds. The molecule has 0 aliphatic carbocycles. The predicted octanol–water partition coefficient (Wildman–Crippen LogP) is 2.22. The van der Waals surface area contributed by atoms with E-state index in [1.165, 1.54) is 29.1 Å². The standard InChI is InChI=1S/C16H14F3N5O2/c17-16(18,19)26-12-5-3-11(4-6-12)10-14-13(2-1-7-20-14)15-21-23-24(22-15)8-9-25/h1-7,25H,8-10H2. The normalized spacial score (nSPS) is 11.5. The van der Waals surface area contributed by atoms with Gasteiger partial charge in [-0.25, -0.2) is 0 Å². The number of halogens is 3. The maximum atomic E-state index is 12.2. The molecular weight excluding hydrogens is 351 g/mol. The molecule has 0 radical (unpaired) electrons. The van der Waals surface area contributed by atoms with E-state index in [4.69, 9.17) is 5.11 Å². The Kier molecular flexibility index (Phi) is 5.12. The highest BCUT2D eigenvalue weighted by molar-refractivity contribution is 5.57. The lowest BCUT2D eigenvalue weighted by atomic mass is 10.0. The third-order valence-electron chi connectivity index (χ3n) is 3.41. The van der Waals surface area contributed by atoms with Crippen molar-refractivity contribution in [3.8, 4) is 17.1 Å². The first kappa shape index (κ1) is 17.8. The van der Waals surface area contributed by atoms with Crippen LogP contribution in [0.4, 0.5) is 13.2 Å². The van der Waals surface area contributed by atoms with Gasteiger partial charge in [0.15, 0.2) is 0 Å². The van der Waals surface area contributed by atoms with Gasteiger partial charge in [0.05, 0.1) is 18.8 Å². The van der Waals surface area contributed by atoms with E-state index in [9.17, 15) is 13.2 Å². The molecule has 2 heterocycles. The molecule has 3 aromatic rings. The maximum Gasteiger partial charge on any atom is 0.573 e. The molecule has 10 heteroatoms. The number of aliphatic hydroxyl groups excluding tert-OH is 1. The molecule has 0 saturated carbocycles. The quantitative estimate of drug-likeness (QED) is 0.721. The van der Waals surface area contributed by atoms with Crippen LogP contribution in [0.25, 0.3) is 11.4 Å². The second kappa shape index (κ2) is 7.48. The molecule has 0 fully saturated rings. The van der Waals surface area contributed by atoms with Gasteiger partial charge in [-0.1, -0.05) is 12.1 Å². The van der Waals surface area contributed by atoms with Crippen molar-refractivity contribution in [3.63, 3.8) is 0 Å². The second-order valence-corrected chi connectivity index (χ2v) is 5.30. The Morgan fingerprint density at radius 1 is 1.12 bits per heavy atom. The summed E-state index contributed by atoms with van der Waals surface area (Å²) in [7, 11) is 0. The number of ether oxygens (including phenoxy) is 1. The number of benzene rings is 1. The minimum Gasteiger partial charge on any atom is -0.406 e. The van der Waals surface area contributed by atoms with Crippen LogP contribution in [0.15, 0.2) is 42.6 Å². The molecule has 0 unspecified atom stereocenters. The molecule has 0 spiro atoms. The number of aromatic nitrogens is 5. The SMILES string of the molecule is OCCn1nnc(-c2cccnc2Cc2ccc(OC(F)(F)F)cc2)n1. The minimum atomic E-state index is -4.72. The van der Waals surface area contributed by atoms with Gasteiger partial charge < -0.3 is 9.84 Å². The monoisotopic (exact) mass is 365 g/mol. The average molecular weight is 365 g/mol. The van der Waals surface area contributed by atoms with Gasteiger partial charge in [0.1, 0.15) is 5.75 Å². The first-order valence-electron chi connectivity index (χ1n) is 7.62. The highest BCUT2D eigenvalue weighted by atomic mass is 19.4. The van der Waals surface area contributed by atoms with E-state index >= 15 is 0 Å². The molecule has 0 bridgehead atoms. The van der Waals surface area contributed by atoms with Crippen molar-refractivity contribution in [2.45, 2.75) is 19.3 Å². The summed E-state index contributed by atoms with van der Waals surface area (Å²) >= 11 is 0. The average Bonchev–Trinajstić information content (AvgIpc) is 3.05. The van der Waals surface area contributed by atoms with Crippen molar-refractivity contribution < 1.29 is 23.0 Å². The zero-order chi connectivity index (χ0) is 18.6. The van der Waals surface area contributed by atoms with Crippen LogP contribution in [-0.2, 0) is 13.0 Å². The van der Waals surface area contributed by atoms with Crippen molar-refractivity contribution in [2.75, 3.05) is 6.61 Å². The topological polar surface area (TPSA) is 86.0 Å². The van der Waals surface area contributed by atoms with Crippen LogP contribution in [0.1, 0.15) is 11.3 Å². The number of nitrogens with zero attached hydrogens (tertiary/aromatic N) is 5. The Bertz CT molecular complexity index is 865. The zero-order valence-corrected chi connectivity index (χ0v) is 13.4. The first-order chi connectivity index (χ1) is 12.4. The van der Waals surface area contributed by atoms with Gasteiger partial charge in [0.2, 0.25) is 5.82 Å². The molecule has 0 atom stereocenters. The third kappa shape index (κ3) is 4.54. The molecule has 0 aliphatic rings. The van der Waals surface area contributed by atoms with Crippen molar-refractivity contribution in [3.05, 3.63) is 53.9 Å². The molecule has 2 aromatic heterocycles. The van der Waals surface area contributed by atoms with Gasteiger partial charge in [-0.2, -0.15) is 4.80 Å². The highest BCUT2D eigenvalue weighted by Gasteiger charge is 2.30. The predicted molar refractivity (Wildman–Crippen MR) is 84.1 cm³/mol. The fourth-order valence-corrected chi connectivity index (χ4v) is 2.32. The Balaban J connectivity index is 1.80. The van der Waals surface area contributed by atoms with Crippen LogP contribution in [0, 0.1) is 0 Å². The van der Waals surface area contributed by atoms with Gasteiger partial charge in [-0.15, -0.1) is 23.4 Å². The molecule has 0 aliphatic heterocycles. The Morgan fingerprint density at radius 2 is 1.88 bits per heavy atom. The molecule has 7 nitrogen and oxygen atoms in total. The fraction of sp³-hybridized carbons (Fsp3) is 0.250. The molecule has 3 rings (SSSR count). The number of hydrogen-bond acceptors (Lipinski definition) is 6. The first-order valence-corrected chi connectivity index (χ1v) is 7.62.